The highest BCUT2D eigenvalue weighted by Crippen LogP contribution is 2.46. The summed E-state index contributed by atoms with van der Waals surface area (Å²) in [6, 6.07) is 11.5. The van der Waals surface area contributed by atoms with Crippen molar-refractivity contribution in [3.63, 3.8) is 0 Å². The molecule has 0 spiro atoms. The van der Waals surface area contributed by atoms with Crippen LogP contribution in [0.5, 0.6) is 0 Å². The van der Waals surface area contributed by atoms with Gasteiger partial charge in [-0.2, -0.15) is 13.2 Å². The predicted molar refractivity (Wildman–Crippen MR) is 72.4 cm³/mol. The second-order valence-corrected chi connectivity index (χ2v) is 5.34. The Kier molecular flexibility index (Phi) is 3.07. The maximum atomic E-state index is 12.8. The molecule has 2 unspecified atom stereocenters. The molecule has 0 radical (unpaired) electrons. The highest BCUT2D eigenvalue weighted by Gasteiger charge is 2.43. The SMILES string of the molecule is NC1CC(O)(c2cccc(C(F)(F)F)c2)c2ccccc21. The molecule has 0 aliphatic heterocycles. The lowest BCUT2D eigenvalue weighted by molar-refractivity contribution is -0.137. The Bertz CT molecular complexity index is 683. The first-order valence-corrected chi connectivity index (χ1v) is 6.57. The first-order valence-electron chi connectivity index (χ1n) is 6.57. The summed E-state index contributed by atoms with van der Waals surface area (Å²) in [7, 11) is 0. The summed E-state index contributed by atoms with van der Waals surface area (Å²) in [4.78, 5) is 0. The summed E-state index contributed by atoms with van der Waals surface area (Å²) in [5, 5.41) is 10.9. The minimum atomic E-state index is -4.44. The van der Waals surface area contributed by atoms with Crippen molar-refractivity contribution >= 4 is 0 Å². The summed E-state index contributed by atoms with van der Waals surface area (Å²) in [5.74, 6) is 0. The van der Waals surface area contributed by atoms with Crippen molar-refractivity contribution < 1.29 is 18.3 Å². The van der Waals surface area contributed by atoms with Crippen molar-refractivity contribution in [2.45, 2.75) is 24.2 Å². The molecule has 3 N–H and O–H groups in total. The standard InChI is InChI=1S/C16H14F3NO/c17-16(18,19)11-5-3-4-10(8-11)15(21)9-14(20)12-6-1-2-7-13(12)15/h1-8,14,21H,9,20H2. The Labute approximate surface area is 120 Å². The Balaban J connectivity index is 2.13. The van der Waals surface area contributed by atoms with Gasteiger partial charge in [-0.15, -0.1) is 0 Å². The quantitative estimate of drug-likeness (QED) is 0.847. The average molecular weight is 293 g/mol. The van der Waals surface area contributed by atoms with Crippen molar-refractivity contribution in [3.05, 3.63) is 70.8 Å². The number of halogens is 3. The van der Waals surface area contributed by atoms with Crippen molar-refractivity contribution in [1.82, 2.24) is 0 Å². The van der Waals surface area contributed by atoms with Crippen molar-refractivity contribution in [2.75, 3.05) is 0 Å². The fourth-order valence-corrected chi connectivity index (χ4v) is 2.96. The van der Waals surface area contributed by atoms with Gasteiger partial charge in [0.2, 0.25) is 0 Å². The molecule has 0 saturated carbocycles. The zero-order valence-corrected chi connectivity index (χ0v) is 11.1. The van der Waals surface area contributed by atoms with Gasteiger partial charge in [-0.1, -0.05) is 36.4 Å². The van der Waals surface area contributed by atoms with Crippen LogP contribution >= 0.6 is 0 Å². The summed E-state index contributed by atoms with van der Waals surface area (Å²) in [5.41, 5.74) is 5.33. The maximum absolute atomic E-state index is 12.8. The van der Waals surface area contributed by atoms with E-state index in [0.717, 1.165) is 17.7 Å². The third-order valence-corrected chi connectivity index (χ3v) is 3.99. The Hall–Kier alpha value is -1.85. The minimum Gasteiger partial charge on any atom is -0.380 e. The predicted octanol–water partition coefficient (Wildman–Crippen LogP) is 3.34. The summed E-state index contributed by atoms with van der Waals surface area (Å²) in [6.07, 6.45) is -4.26. The summed E-state index contributed by atoms with van der Waals surface area (Å²) >= 11 is 0. The normalized spacial score (nSPS) is 24.9. The van der Waals surface area contributed by atoms with Crippen LogP contribution in [0.4, 0.5) is 13.2 Å². The minimum absolute atomic E-state index is 0.174. The van der Waals surface area contributed by atoms with Gasteiger partial charge in [0, 0.05) is 12.5 Å². The molecule has 2 atom stereocenters. The van der Waals surface area contributed by atoms with E-state index >= 15 is 0 Å². The van der Waals surface area contributed by atoms with Gasteiger partial charge in [0.1, 0.15) is 5.60 Å². The van der Waals surface area contributed by atoms with Crippen LogP contribution in [0, 0.1) is 0 Å². The molecule has 2 aromatic carbocycles. The zero-order chi connectivity index (χ0) is 15.3. The summed E-state index contributed by atoms with van der Waals surface area (Å²) in [6.45, 7) is 0. The molecular weight excluding hydrogens is 279 g/mol. The van der Waals surface area contributed by atoms with Gasteiger partial charge in [-0.05, 0) is 28.8 Å². The largest absolute Gasteiger partial charge is 0.416 e. The topological polar surface area (TPSA) is 46.2 Å². The molecule has 5 heteroatoms. The highest BCUT2D eigenvalue weighted by molar-refractivity contribution is 5.48. The molecule has 3 rings (SSSR count). The van der Waals surface area contributed by atoms with Gasteiger partial charge in [-0.25, -0.2) is 0 Å². The van der Waals surface area contributed by atoms with Gasteiger partial charge >= 0.3 is 6.18 Å². The molecule has 0 amide bonds. The fourth-order valence-electron chi connectivity index (χ4n) is 2.96. The Morgan fingerprint density at radius 2 is 1.81 bits per heavy atom. The van der Waals surface area contributed by atoms with Gasteiger partial charge in [0.25, 0.3) is 0 Å². The molecule has 2 aromatic rings. The number of aliphatic hydroxyl groups is 1. The van der Waals surface area contributed by atoms with Crippen LogP contribution in [-0.2, 0) is 11.8 Å². The first kappa shape index (κ1) is 14.1. The third kappa shape index (κ3) is 2.22. The van der Waals surface area contributed by atoms with E-state index in [0.29, 0.717) is 5.56 Å². The molecule has 1 aliphatic rings. The van der Waals surface area contributed by atoms with Crippen LogP contribution in [-0.4, -0.2) is 5.11 Å². The second kappa shape index (κ2) is 4.58. The fraction of sp³-hybridized carbons (Fsp3) is 0.250. The van der Waals surface area contributed by atoms with E-state index in [4.69, 9.17) is 5.73 Å². The van der Waals surface area contributed by atoms with E-state index in [2.05, 4.69) is 0 Å². The van der Waals surface area contributed by atoms with Crippen LogP contribution in [0.25, 0.3) is 0 Å². The molecule has 0 aromatic heterocycles. The highest BCUT2D eigenvalue weighted by atomic mass is 19.4. The van der Waals surface area contributed by atoms with Gasteiger partial charge in [0.05, 0.1) is 5.56 Å². The van der Waals surface area contributed by atoms with Crippen LogP contribution in [0.1, 0.15) is 34.7 Å². The lowest BCUT2D eigenvalue weighted by atomic mass is 9.87. The van der Waals surface area contributed by atoms with Gasteiger partial charge in [-0.3, -0.25) is 0 Å². The molecule has 21 heavy (non-hydrogen) atoms. The van der Waals surface area contributed by atoms with E-state index in [1.54, 1.807) is 24.3 Å². The second-order valence-electron chi connectivity index (χ2n) is 5.34. The molecular formula is C16H14F3NO. The van der Waals surface area contributed by atoms with Gasteiger partial charge in [0.15, 0.2) is 0 Å². The van der Waals surface area contributed by atoms with E-state index in [9.17, 15) is 18.3 Å². The number of hydrogen-bond donors (Lipinski definition) is 2. The molecule has 2 nitrogen and oxygen atoms in total. The number of hydrogen-bond acceptors (Lipinski definition) is 2. The molecule has 0 heterocycles. The number of fused-ring (bicyclic) bond motifs is 1. The molecule has 0 fully saturated rings. The molecule has 1 aliphatic carbocycles. The van der Waals surface area contributed by atoms with Crippen molar-refractivity contribution in [1.29, 1.82) is 0 Å². The van der Waals surface area contributed by atoms with Gasteiger partial charge < -0.3 is 10.8 Å². The Morgan fingerprint density at radius 3 is 2.52 bits per heavy atom. The van der Waals surface area contributed by atoms with Crippen molar-refractivity contribution in [2.24, 2.45) is 5.73 Å². The van der Waals surface area contributed by atoms with E-state index in [1.165, 1.54) is 12.1 Å². The molecule has 0 saturated heterocycles. The third-order valence-electron chi connectivity index (χ3n) is 3.99. The van der Waals surface area contributed by atoms with E-state index < -0.39 is 17.3 Å². The zero-order valence-electron chi connectivity index (χ0n) is 11.1. The maximum Gasteiger partial charge on any atom is 0.416 e. The van der Waals surface area contributed by atoms with Crippen molar-refractivity contribution in [3.8, 4) is 0 Å². The summed E-state index contributed by atoms with van der Waals surface area (Å²) < 4.78 is 38.5. The smallest absolute Gasteiger partial charge is 0.380 e. The monoisotopic (exact) mass is 293 g/mol. The number of benzene rings is 2. The van der Waals surface area contributed by atoms with Crippen LogP contribution < -0.4 is 5.73 Å². The number of nitrogens with two attached hydrogens (primary N) is 1. The number of rotatable bonds is 1. The lowest BCUT2D eigenvalue weighted by Crippen LogP contribution is -2.25. The van der Waals surface area contributed by atoms with Crippen LogP contribution in [0.3, 0.4) is 0 Å². The van der Waals surface area contributed by atoms with Crippen LogP contribution in [0.15, 0.2) is 48.5 Å². The molecule has 110 valence electrons. The van der Waals surface area contributed by atoms with Crippen LogP contribution in [0.2, 0.25) is 0 Å². The Morgan fingerprint density at radius 1 is 1.10 bits per heavy atom. The average Bonchev–Trinajstić information content (AvgIpc) is 2.72. The van der Waals surface area contributed by atoms with E-state index in [-0.39, 0.29) is 18.0 Å². The molecule has 0 bridgehead atoms. The lowest BCUT2D eigenvalue weighted by Gasteiger charge is -2.25. The first-order chi connectivity index (χ1) is 9.82. The van der Waals surface area contributed by atoms with E-state index in [1.807, 2.05) is 0 Å². The number of alkyl halides is 3.